The molecule has 9 heteroatoms. The second kappa shape index (κ2) is 9.55. The number of ether oxygens (including phenoxy) is 1. The van der Waals surface area contributed by atoms with E-state index >= 15 is 0 Å². The highest BCUT2D eigenvalue weighted by Gasteiger charge is 2.25. The maximum Gasteiger partial charge on any atom is 0.331 e. The van der Waals surface area contributed by atoms with Crippen molar-refractivity contribution in [2.45, 2.75) is 0 Å². The molecule has 1 N–H and O–H groups in total. The molecule has 0 radical (unpaired) electrons. The second-order valence-electron chi connectivity index (χ2n) is 4.94. The summed E-state index contributed by atoms with van der Waals surface area (Å²) in [6, 6.07) is 6.91. The number of nitrogens with one attached hydrogen (secondary N) is 1. The summed E-state index contributed by atoms with van der Waals surface area (Å²) in [6.45, 7) is 0.154. The molecular weight excluding hydrogens is 384 g/mol. The Bertz CT molecular complexity index is 691. The molecule has 1 aromatic carbocycles. The van der Waals surface area contributed by atoms with E-state index in [-0.39, 0.29) is 12.5 Å². The molecule has 2 rings (SSSR count). The molecule has 1 aliphatic heterocycles. The van der Waals surface area contributed by atoms with Crippen molar-refractivity contribution in [3.8, 4) is 0 Å². The number of halogens is 1. The van der Waals surface area contributed by atoms with Crippen LogP contribution in [-0.4, -0.2) is 52.5 Å². The SMILES string of the molecule is O=C(COC(=O)/C=C/c1ccc(Cl)cc1)NCCN1C(=O)CSC1=S. The standard InChI is InChI=1S/C16H15ClN2O4S2/c17-12-4-1-11(2-5-12)3-6-15(22)23-9-13(20)18-7-8-19-14(21)10-25-16(19)24/h1-6H,7-10H2,(H,18,20)/b6-3+. The van der Waals surface area contributed by atoms with Crippen LogP contribution in [0, 0.1) is 0 Å². The molecule has 6 nitrogen and oxygen atoms in total. The van der Waals surface area contributed by atoms with E-state index in [0.29, 0.717) is 21.6 Å². The van der Waals surface area contributed by atoms with Gasteiger partial charge in [-0.2, -0.15) is 0 Å². The van der Waals surface area contributed by atoms with Gasteiger partial charge in [-0.15, -0.1) is 0 Å². The Morgan fingerprint density at radius 3 is 2.72 bits per heavy atom. The van der Waals surface area contributed by atoms with Crippen LogP contribution in [0.4, 0.5) is 0 Å². The smallest absolute Gasteiger partial charge is 0.331 e. The molecule has 0 bridgehead atoms. The van der Waals surface area contributed by atoms with E-state index in [2.05, 4.69) is 5.32 Å². The largest absolute Gasteiger partial charge is 0.452 e. The molecule has 0 aromatic heterocycles. The van der Waals surface area contributed by atoms with Crippen molar-refractivity contribution in [1.82, 2.24) is 10.2 Å². The lowest BCUT2D eigenvalue weighted by Crippen LogP contribution is -2.38. The van der Waals surface area contributed by atoms with Crippen LogP contribution in [0.3, 0.4) is 0 Å². The fourth-order valence-corrected chi connectivity index (χ4v) is 3.13. The molecule has 0 atom stereocenters. The molecule has 1 saturated heterocycles. The van der Waals surface area contributed by atoms with Crippen LogP contribution >= 0.6 is 35.6 Å². The number of hydrogen-bond acceptors (Lipinski definition) is 6. The molecule has 0 spiro atoms. The number of hydrogen-bond donors (Lipinski definition) is 1. The van der Waals surface area contributed by atoms with Crippen LogP contribution in [0.5, 0.6) is 0 Å². The van der Waals surface area contributed by atoms with Crippen molar-refractivity contribution in [3.63, 3.8) is 0 Å². The van der Waals surface area contributed by atoms with Gasteiger partial charge in [-0.05, 0) is 23.8 Å². The van der Waals surface area contributed by atoms with E-state index in [1.165, 1.54) is 22.7 Å². The van der Waals surface area contributed by atoms with E-state index in [4.69, 9.17) is 28.6 Å². The third kappa shape index (κ3) is 6.49. The summed E-state index contributed by atoms with van der Waals surface area (Å²) in [5.74, 6) is -0.802. The topological polar surface area (TPSA) is 75.7 Å². The van der Waals surface area contributed by atoms with Crippen molar-refractivity contribution in [3.05, 3.63) is 40.9 Å². The first-order valence-corrected chi connectivity index (χ1v) is 9.07. The summed E-state index contributed by atoms with van der Waals surface area (Å²) in [5, 5.41) is 3.17. The number of thiocarbonyl (C=S) groups is 1. The minimum Gasteiger partial charge on any atom is -0.452 e. The number of esters is 1. The Hall–Kier alpha value is -1.90. The van der Waals surface area contributed by atoms with Crippen LogP contribution in [0.25, 0.3) is 6.08 Å². The van der Waals surface area contributed by atoms with Gasteiger partial charge in [0.05, 0.1) is 5.75 Å². The monoisotopic (exact) mass is 398 g/mol. The van der Waals surface area contributed by atoms with Gasteiger partial charge in [-0.25, -0.2) is 4.79 Å². The first-order valence-electron chi connectivity index (χ1n) is 7.30. The van der Waals surface area contributed by atoms with Crippen molar-refractivity contribution >= 4 is 63.8 Å². The van der Waals surface area contributed by atoms with Crippen LogP contribution in [-0.2, 0) is 19.1 Å². The summed E-state index contributed by atoms with van der Waals surface area (Å²) in [5.41, 5.74) is 0.787. The predicted molar refractivity (Wildman–Crippen MR) is 101 cm³/mol. The van der Waals surface area contributed by atoms with Crippen molar-refractivity contribution in [2.75, 3.05) is 25.4 Å². The highest BCUT2D eigenvalue weighted by Crippen LogP contribution is 2.18. The Morgan fingerprint density at radius 2 is 2.08 bits per heavy atom. The first kappa shape index (κ1) is 19.4. The average Bonchev–Trinajstić information content (AvgIpc) is 2.91. The summed E-state index contributed by atoms with van der Waals surface area (Å²) >= 11 is 12.1. The normalized spacial score (nSPS) is 14.2. The molecule has 1 fully saturated rings. The van der Waals surface area contributed by atoms with E-state index < -0.39 is 18.5 Å². The predicted octanol–water partition coefficient (Wildman–Crippen LogP) is 1.87. The summed E-state index contributed by atoms with van der Waals surface area (Å²) in [4.78, 5) is 36.1. The Kier molecular flexibility index (Phi) is 7.42. The number of amides is 2. The van der Waals surface area contributed by atoms with Gasteiger partial charge in [0, 0.05) is 24.2 Å². The fourth-order valence-electron chi connectivity index (χ4n) is 1.88. The van der Waals surface area contributed by atoms with E-state index in [0.717, 1.165) is 5.56 Å². The molecule has 0 aliphatic carbocycles. The Balaban J connectivity index is 1.65. The average molecular weight is 399 g/mol. The molecule has 2 amide bonds. The number of thioether (sulfide) groups is 1. The number of rotatable bonds is 7. The minimum atomic E-state index is -0.627. The zero-order chi connectivity index (χ0) is 18.2. The van der Waals surface area contributed by atoms with Gasteiger partial charge in [-0.1, -0.05) is 47.7 Å². The minimum absolute atomic E-state index is 0.0667. The Morgan fingerprint density at radius 1 is 1.36 bits per heavy atom. The highest BCUT2D eigenvalue weighted by atomic mass is 35.5. The second-order valence-corrected chi connectivity index (χ2v) is 6.99. The van der Waals surface area contributed by atoms with Crippen LogP contribution < -0.4 is 5.32 Å². The summed E-state index contributed by atoms with van der Waals surface area (Å²) in [6.07, 6.45) is 2.79. The third-order valence-corrected chi connectivity index (χ3v) is 4.81. The molecule has 0 saturated carbocycles. The zero-order valence-electron chi connectivity index (χ0n) is 13.1. The first-order chi connectivity index (χ1) is 12.0. The molecule has 1 aromatic rings. The maximum absolute atomic E-state index is 11.6. The van der Waals surface area contributed by atoms with Gasteiger partial charge >= 0.3 is 5.97 Å². The fraction of sp³-hybridized carbons (Fsp3) is 0.250. The van der Waals surface area contributed by atoms with Gasteiger partial charge in [0.15, 0.2) is 6.61 Å². The lowest BCUT2D eigenvalue weighted by molar-refractivity contribution is -0.143. The number of nitrogens with zero attached hydrogens (tertiary/aromatic N) is 1. The van der Waals surface area contributed by atoms with Gasteiger partial charge in [0.25, 0.3) is 5.91 Å². The lowest BCUT2D eigenvalue weighted by atomic mass is 10.2. The molecule has 0 unspecified atom stereocenters. The van der Waals surface area contributed by atoms with Crippen LogP contribution in [0.2, 0.25) is 5.02 Å². The molecule has 132 valence electrons. The number of carbonyl (C=O) groups excluding carboxylic acids is 3. The van der Waals surface area contributed by atoms with Gasteiger partial charge < -0.3 is 10.1 Å². The maximum atomic E-state index is 11.6. The molecule has 1 heterocycles. The lowest BCUT2D eigenvalue weighted by Gasteiger charge is -2.14. The zero-order valence-corrected chi connectivity index (χ0v) is 15.5. The molecule has 25 heavy (non-hydrogen) atoms. The Labute approximate surface area is 159 Å². The quantitative estimate of drug-likeness (QED) is 0.429. The van der Waals surface area contributed by atoms with Crippen LogP contribution in [0.1, 0.15) is 5.56 Å². The highest BCUT2D eigenvalue weighted by molar-refractivity contribution is 8.23. The van der Waals surface area contributed by atoms with Crippen molar-refractivity contribution < 1.29 is 19.1 Å². The number of benzene rings is 1. The summed E-state index contributed by atoms with van der Waals surface area (Å²) in [7, 11) is 0. The van der Waals surface area contributed by atoms with E-state index in [1.807, 2.05) is 0 Å². The van der Waals surface area contributed by atoms with Gasteiger partial charge in [-0.3, -0.25) is 14.5 Å². The number of carbonyl (C=O) groups is 3. The van der Waals surface area contributed by atoms with E-state index in [9.17, 15) is 14.4 Å². The van der Waals surface area contributed by atoms with Crippen molar-refractivity contribution in [1.29, 1.82) is 0 Å². The van der Waals surface area contributed by atoms with Crippen LogP contribution in [0.15, 0.2) is 30.3 Å². The van der Waals surface area contributed by atoms with Gasteiger partial charge in [0.2, 0.25) is 5.91 Å². The van der Waals surface area contributed by atoms with Crippen molar-refractivity contribution in [2.24, 2.45) is 0 Å². The van der Waals surface area contributed by atoms with E-state index in [1.54, 1.807) is 30.3 Å². The molecule has 1 aliphatic rings. The molecular formula is C16H15ClN2O4S2. The summed E-state index contributed by atoms with van der Waals surface area (Å²) < 4.78 is 5.35. The third-order valence-electron chi connectivity index (χ3n) is 3.13. The van der Waals surface area contributed by atoms with Gasteiger partial charge in [0.1, 0.15) is 4.32 Å².